The van der Waals surface area contributed by atoms with Crippen LogP contribution in [0.25, 0.3) is 0 Å². The molecule has 0 heterocycles. The summed E-state index contributed by atoms with van der Waals surface area (Å²) in [6.07, 6.45) is 0. The van der Waals surface area contributed by atoms with Gasteiger partial charge in [-0.2, -0.15) is 0 Å². The fourth-order valence-corrected chi connectivity index (χ4v) is 2.74. The van der Waals surface area contributed by atoms with Crippen LogP contribution in [-0.4, -0.2) is 5.11 Å². The van der Waals surface area contributed by atoms with Crippen LogP contribution in [0.3, 0.4) is 0 Å². The van der Waals surface area contributed by atoms with E-state index in [1.807, 2.05) is 18.2 Å². The molecule has 0 aromatic heterocycles. The van der Waals surface area contributed by atoms with Crippen LogP contribution in [0.4, 0.5) is 5.69 Å². The summed E-state index contributed by atoms with van der Waals surface area (Å²) in [6, 6.07) is 14.8. The third-order valence-corrected chi connectivity index (χ3v) is 3.85. The minimum Gasteiger partial charge on any atom is -0.356 e. The van der Waals surface area contributed by atoms with E-state index >= 15 is 0 Å². The van der Waals surface area contributed by atoms with E-state index in [-0.39, 0.29) is 6.04 Å². The van der Waals surface area contributed by atoms with Gasteiger partial charge < -0.3 is 10.6 Å². The summed E-state index contributed by atoms with van der Waals surface area (Å²) in [5, 5.41) is 7.26. The summed E-state index contributed by atoms with van der Waals surface area (Å²) < 4.78 is 0. The van der Waals surface area contributed by atoms with Gasteiger partial charge >= 0.3 is 0 Å². The lowest BCUT2D eigenvalue weighted by Gasteiger charge is -2.20. The standard InChI is InChI=1S/C18H22N2S/c1-12-9-10-16(14(3)11-12)15(4)19-18(21)20-17-8-6-5-7-13(17)2/h5-11,15H,1-4H3,(H2,19,20,21). The van der Waals surface area contributed by atoms with E-state index < -0.39 is 0 Å². The highest BCUT2D eigenvalue weighted by Crippen LogP contribution is 2.19. The van der Waals surface area contributed by atoms with Gasteiger partial charge in [0.15, 0.2) is 5.11 Å². The molecule has 0 saturated heterocycles. The predicted molar refractivity (Wildman–Crippen MR) is 94.9 cm³/mol. The zero-order valence-electron chi connectivity index (χ0n) is 13.0. The molecule has 0 spiro atoms. The number of nitrogens with one attached hydrogen (secondary N) is 2. The Morgan fingerprint density at radius 1 is 1.00 bits per heavy atom. The van der Waals surface area contributed by atoms with Gasteiger partial charge in [0.25, 0.3) is 0 Å². The largest absolute Gasteiger partial charge is 0.356 e. The molecule has 110 valence electrons. The molecule has 1 atom stereocenters. The third kappa shape index (κ3) is 4.05. The summed E-state index contributed by atoms with van der Waals surface area (Å²) in [7, 11) is 0. The van der Waals surface area contributed by atoms with Gasteiger partial charge in [0.05, 0.1) is 6.04 Å². The maximum absolute atomic E-state index is 5.42. The van der Waals surface area contributed by atoms with Crippen LogP contribution in [0, 0.1) is 20.8 Å². The Kier molecular flexibility index (Phi) is 4.97. The Bertz CT molecular complexity index is 649. The molecule has 21 heavy (non-hydrogen) atoms. The number of benzene rings is 2. The van der Waals surface area contributed by atoms with Crippen LogP contribution >= 0.6 is 12.2 Å². The lowest BCUT2D eigenvalue weighted by molar-refractivity contribution is 0.717. The molecule has 2 N–H and O–H groups in total. The van der Waals surface area contributed by atoms with Crippen molar-refractivity contribution in [2.45, 2.75) is 33.7 Å². The fourth-order valence-electron chi connectivity index (χ4n) is 2.46. The lowest BCUT2D eigenvalue weighted by Crippen LogP contribution is -2.31. The van der Waals surface area contributed by atoms with Crippen LogP contribution in [0.5, 0.6) is 0 Å². The van der Waals surface area contributed by atoms with Crippen LogP contribution in [-0.2, 0) is 0 Å². The average Bonchev–Trinajstić information content (AvgIpc) is 2.41. The summed E-state index contributed by atoms with van der Waals surface area (Å²) in [5.74, 6) is 0. The molecule has 0 fully saturated rings. The highest BCUT2D eigenvalue weighted by Gasteiger charge is 2.10. The van der Waals surface area contributed by atoms with E-state index in [1.165, 1.54) is 22.3 Å². The molecule has 1 unspecified atom stereocenters. The molecule has 0 amide bonds. The van der Waals surface area contributed by atoms with Gasteiger partial charge in [0, 0.05) is 5.69 Å². The first-order valence-corrected chi connectivity index (χ1v) is 7.58. The highest BCUT2D eigenvalue weighted by molar-refractivity contribution is 7.80. The van der Waals surface area contributed by atoms with Crippen LogP contribution in [0.1, 0.15) is 35.2 Å². The Morgan fingerprint density at radius 3 is 2.38 bits per heavy atom. The van der Waals surface area contributed by atoms with Crippen LogP contribution < -0.4 is 10.6 Å². The zero-order chi connectivity index (χ0) is 15.4. The summed E-state index contributed by atoms with van der Waals surface area (Å²) in [5.41, 5.74) is 6.07. The molecule has 2 aromatic carbocycles. The van der Waals surface area contributed by atoms with E-state index in [4.69, 9.17) is 12.2 Å². The maximum Gasteiger partial charge on any atom is 0.171 e. The molecule has 0 aliphatic rings. The molecule has 0 aliphatic carbocycles. The molecular formula is C18H22N2S. The second-order valence-corrected chi connectivity index (χ2v) is 5.90. The van der Waals surface area contributed by atoms with Gasteiger partial charge in [0.1, 0.15) is 0 Å². The lowest BCUT2D eigenvalue weighted by atomic mass is 10.0. The minimum absolute atomic E-state index is 0.176. The zero-order valence-corrected chi connectivity index (χ0v) is 13.8. The number of anilines is 1. The van der Waals surface area contributed by atoms with Crippen molar-refractivity contribution in [1.29, 1.82) is 0 Å². The van der Waals surface area contributed by atoms with Crippen molar-refractivity contribution in [2.24, 2.45) is 0 Å². The second-order valence-electron chi connectivity index (χ2n) is 5.50. The first-order chi connectivity index (χ1) is 9.97. The van der Waals surface area contributed by atoms with Gasteiger partial charge in [-0.25, -0.2) is 0 Å². The maximum atomic E-state index is 5.42. The molecular weight excluding hydrogens is 276 g/mol. The Hall–Kier alpha value is -1.87. The molecule has 2 rings (SSSR count). The number of hydrogen-bond acceptors (Lipinski definition) is 1. The van der Waals surface area contributed by atoms with E-state index in [0.717, 1.165) is 5.69 Å². The molecule has 3 heteroatoms. The Balaban J connectivity index is 2.04. The first-order valence-electron chi connectivity index (χ1n) is 7.17. The summed E-state index contributed by atoms with van der Waals surface area (Å²) >= 11 is 5.42. The van der Waals surface area contributed by atoms with Gasteiger partial charge in [-0.1, -0.05) is 42.0 Å². The Labute approximate surface area is 132 Å². The van der Waals surface area contributed by atoms with E-state index in [9.17, 15) is 0 Å². The summed E-state index contributed by atoms with van der Waals surface area (Å²) in [4.78, 5) is 0. The van der Waals surface area contributed by atoms with E-state index in [0.29, 0.717) is 5.11 Å². The van der Waals surface area contributed by atoms with Crippen LogP contribution in [0.2, 0.25) is 0 Å². The monoisotopic (exact) mass is 298 g/mol. The van der Waals surface area contributed by atoms with Gasteiger partial charge in [0.2, 0.25) is 0 Å². The van der Waals surface area contributed by atoms with Gasteiger partial charge in [-0.15, -0.1) is 0 Å². The summed E-state index contributed by atoms with van der Waals surface area (Å²) in [6.45, 7) is 8.44. The highest BCUT2D eigenvalue weighted by atomic mass is 32.1. The molecule has 2 nitrogen and oxygen atoms in total. The Morgan fingerprint density at radius 2 is 1.71 bits per heavy atom. The molecule has 0 aliphatic heterocycles. The first kappa shape index (κ1) is 15.5. The van der Waals surface area contributed by atoms with E-state index in [2.05, 4.69) is 62.6 Å². The normalized spacial score (nSPS) is 11.8. The molecule has 0 radical (unpaired) electrons. The number of para-hydroxylation sites is 1. The predicted octanol–water partition coefficient (Wildman–Crippen LogP) is 4.66. The van der Waals surface area contributed by atoms with Crippen LogP contribution in [0.15, 0.2) is 42.5 Å². The number of aryl methyl sites for hydroxylation is 3. The van der Waals surface area contributed by atoms with Crippen molar-refractivity contribution in [1.82, 2.24) is 5.32 Å². The molecule has 0 saturated carbocycles. The third-order valence-electron chi connectivity index (χ3n) is 3.63. The smallest absolute Gasteiger partial charge is 0.171 e. The van der Waals surface area contributed by atoms with Crippen molar-refractivity contribution in [3.8, 4) is 0 Å². The van der Waals surface area contributed by atoms with Crippen molar-refractivity contribution >= 4 is 23.0 Å². The quantitative estimate of drug-likeness (QED) is 0.806. The number of hydrogen-bond donors (Lipinski definition) is 2. The van der Waals surface area contributed by atoms with Gasteiger partial charge in [-0.05, 0) is 62.7 Å². The average molecular weight is 298 g/mol. The number of rotatable bonds is 3. The topological polar surface area (TPSA) is 24.1 Å². The van der Waals surface area contributed by atoms with Crippen molar-refractivity contribution in [3.05, 3.63) is 64.7 Å². The molecule has 0 bridgehead atoms. The number of thiocarbonyl (C=S) groups is 1. The second kappa shape index (κ2) is 6.72. The van der Waals surface area contributed by atoms with Crippen molar-refractivity contribution < 1.29 is 0 Å². The molecule has 2 aromatic rings. The van der Waals surface area contributed by atoms with Crippen molar-refractivity contribution in [3.63, 3.8) is 0 Å². The van der Waals surface area contributed by atoms with Gasteiger partial charge in [-0.3, -0.25) is 0 Å². The minimum atomic E-state index is 0.176. The van der Waals surface area contributed by atoms with Crippen molar-refractivity contribution in [2.75, 3.05) is 5.32 Å². The fraction of sp³-hybridized carbons (Fsp3) is 0.278. The SMILES string of the molecule is Cc1ccc(C(C)NC(=S)Nc2ccccc2C)c(C)c1. The van der Waals surface area contributed by atoms with E-state index in [1.54, 1.807) is 0 Å².